The van der Waals surface area contributed by atoms with Crippen molar-refractivity contribution in [2.75, 3.05) is 18.5 Å². The second kappa shape index (κ2) is 5.94. The van der Waals surface area contributed by atoms with Crippen molar-refractivity contribution in [2.45, 2.75) is 36.8 Å². The third-order valence-electron chi connectivity index (χ3n) is 3.50. The summed E-state index contributed by atoms with van der Waals surface area (Å²) >= 11 is 0. The molecule has 0 fully saturated rings. The largest absolute Gasteiger partial charge is 0.398 e. The molecule has 0 heterocycles. The molecule has 0 amide bonds. The average molecular weight is 334 g/mol. The molecule has 21 heavy (non-hydrogen) atoms. The summed E-state index contributed by atoms with van der Waals surface area (Å²) in [6.07, 6.45) is 1.79. The molecule has 0 unspecified atom stereocenters. The molecule has 0 spiro atoms. The molecule has 0 aliphatic heterocycles. The van der Waals surface area contributed by atoms with Crippen LogP contribution in [0.1, 0.15) is 26.3 Å². The van der Waals surface area contributed by atoms with Crippen molar-refractivity contribution in [1.29, 1.82) is 0 Å². The number of sulfone groups is 1. The van der Waals surface area contributed by atoms with Crippen LogP contribution in [0.4, 0.5) is 5.69 Å². The molecule has 0 aliphatic carbocycles. The summed E-state index contributed by atoms with van der Waals surface area (Å²) in [4.78, 5) is 0.0292. The van der Waals surface area contributed by atoms with Crippen LogP contribution >= 0.6 is 0 Å². The lowest BCUT2D eigenvalue weighted by Gasteiger charge is -2.22. The minimum atomic E-state index is -3.80. The van der Waals surface area contributed by atoms with Gasteiger partial charge >= 0.3 is 0 Å². The van der Waals surface area contributed by atoms with Crippen LogP contribution in [0.2, 0.25) is 0 Å². The summed E-state index contributed by atoms with van der Waals surface area (Å²) in [6.45, 7) is 4.66. The van der Waals surface area contributed by atoms with Crippen LogP contribution < -0.4 is 10.5 Å². The molecular formula is C13H22N2O4S2. The van der Waals surface area contributed by atoms with E-state index in [4.69, 9.17) is 5.73 Å². The molecule has 1 rings (SSSR count). The number of benzene rings is 1. The van der Waals surface area contributed by atoms with Crippen molar-refractivity contribution in [3.63, 3.8) is 0 Å². The molecule has 6 nitrogen and oxygen atoms in total. The number of nitrogen functional groups attached to an aromatic ring is 1. The highest BCUT2D eigenvalue weighted by Gasteiger charge is 2.32. The first-order valence-corrected chi connectivity index (χ1v) is 9.86. The van der Waals surface area contributed by atoms with Gasteiger partial charge in [0.1, 0.15) is 0 Å². The van der Waals surface area contributed by atoms with Crippen LogP contribution in [0.25, 0.3) is 0 Å². The fraction of sp³-hybridized carbons (Fsp3) is 0.538. The topological polar surface area (TPSA) is 106 Å². The maximum absolute atomic E-state index is 12.2. The van der Waals surface area contributed by atoms with Crippen molar-refractivity contribution >= 4 is 25.5 Å². The molecule has 0 atom stereocenters. The molecule has 120 valence electrons. The van der Waals surface area contributed by atoms with Gasteiger partial charge in [0.15, 0.2) is 9.84 Å². The highest BCUT2D eigenvalue weighted by Crippen LogP contribution is 2.20. The standard InChI is InChI=1S/C13H22N2O4S2/c1-5-10-6-7-11(8-12(10)14)21(18,19)15-9-13(2,3)20(4,16)17/h6-8,15H,5,9,14H2,1-4H3. The Kier molecular flexibility index (Phi) is 5.07. The number of sulfonamides is 1. The molecule has 0 saturated heterocycles. The maximum Gasteiger partial charge on any atom is 0.240 e. The molecule has 3 N–H and O–H groups in total. The van der Waals surface area contributed by atoms with Gasteiger partial charge in [-0.1, -0.05) is 13.0 Å². The first-order chi connectivity index (χ1) is 9.40. The molecule has 1 aromatic rings. The van der Waals surface area contributed by atoms with Crippen LogP contribution in [-0.2, 0) is 26.3 Å². The van der Waals surface area contributed by atoms with E-state index in [1.807, 2.05) is 6.92 Å². The highest BCUT2D eigenvalue weighted by atomic mass is 32.2. The van der Waals surface area contributed by atoms with E-state index < -0.39 is 24.6 Å². The fourth-order valence-corrected chi connectivity index (χ4v) is 3.22. The van der Waals surface area contributed by atoms with Gasteiger partial charge in [-0.3, -0.25) is 0 Å². The summed E-state index contributed by atoms with van der Waals surface area (Å²) in [5.74, 6) is 0. The van der Waals surface area contributed by atoms with Crippen molar-refractivity contribution in [3.05, 3.63) is 23.8 Å². The van der Waals surface area contributed by atoms with Gasteiger partial charge in [0.25, 0.3) is 0 Å². The zero-order chi connectivity index (χ0) is 16.5. The third-order valence-corrected chi connectivity index (χ3v) is 7.05. The Morgan fingerprint density at radius 2 is 1.76 bits per heavy atom. The maximum atomic E-state index is 12.2. The lowest BCUT2D eigenvalue weighted by Crippen LogP contribution is -2.43. The quantitative estimate of drug-likeness (QED) is 0.753. The lowest BCUT2D eigenvalue weighted by molar-refractivity contribution is 0.537. The summed E-state index contributed by atoms with van der Waals surface area (Å²) < 4.78 is 48.7. The van der Waals surface area contributed by atoms with Crippen LogP contribution in [-0.4, -0.2) is 34.4 Å². The highest BCUT2D eigenvalue weighted by molar-refractivity contribution is 7.92. The van der Waals surface area contributed by atoms with E-state index in [1.165, 1.54) is 26.0 Å². The Morgan fingerprint density at radius 3 is 2.19 bits per heavy atom. The van der Waals surface area contributed by atoms with E-state index in [2.05, 4.69) is 4.72 Å². The van der Waals surface area contributed by atoms with Gasteiger partial charge in [-0.25, -0.2) is 21.6 Å². The number of hydrogen-bond acceptors (Lipinski definition) is 5. The van der Waals surface area contributed by atoms with Gasteiger partial charge < -0.3 is 5.73 Å². The smallest absolute Gasteiger partial charge is 0.240 e. The summed E-state index contributed by atoms with van der Waals surface area (Å²) in [5, 5.41) is 0. The van der Waals surface area contributed by atoms with Crippen molar-refractivity contribution in [1.82, 2.24) is 4.72 Å². The number of nitrogens with two attached hydrogens (primary N) is 1. The Balaban J connectivity index is 3.01. The van der Waals surface area contributed by atoms with E-state index in [-0.39, 0.29) is 11.4 Å². The van der Waals surface area contributed by atoms with E-state index in [9.17, 15) is 16.8 Å². The lowest BCUT2D eigenvalue weighted by atomic mass is 10.1. The number of rotatable bonds is 6. The molecule has 0 saturated carbocycles. The Hall–Kier alpha value is -1.12. The predicted molar refractivity (Wildman–Crippen MR) is 84.3 cm³/mol. The molecule has 0 aromatic heterocycles. The molecule has 0 bridgehead atoms. The van der Waals surface area contributed by atoms with E-state index >= 15 is 0 Å². The second-order valence-electron chi connectivity index (χ2n) is 5.57. The molecule has 0 radical (unpaired) electrons. The number of anilines is 1. The number of nitrogens with one attached hydrogen (secondary N) is 1. The fourth-order valence-electron chi connectivity index (χ4n) is 1.55. The summed E-state index contributed by atoms with van der Waals surface area (Å²) in [5.41, 5.74) is 7.06. The minimum Gasteiger partial charge on any atom is -0.398 e. The number of hydrogen-bond donors (Lipinski definition) is 2. The summed E-state index contributed by atoms with van der Waals surface area (Å²) in [6, 6.07) is 4.51. The first kappa shape index (κ1) is 17.9. The first-order valence-electron chi connectivity index (χ1n) is 6.48. The van der Waals surface area contributed by atoms with Crippen LogP contribution in [0.5, 0.6) is 0 Å². The van der Waals surface area contributed by atoms with Crippen molar-refractivity contribution < 1.29 is 16.8 Å². The Morgan fingerprint density at radius 1 is 1.19 bits per heavy atom. The van der Waals surface area contributed by atoms with Crippen LogP contribution in [0.3, 0.4) is 0 Å². The third kappa shape index (κ3) is 4.18. The van der Waals surface area contributed by atoms with Gasteiger partial charge in [0.2, 0.25) is 10.0 Å². The molecule has 0 aliphatic rings. The second-order valence-corrected chi connectivity index (χ2v) is 9.99. The van der Waals surface area contributed by atoms with E-state index in [0.29, 0.717) is 12.1 Å². The zero-order valence-electron chi connectivity index (χ0n) is 12.7. The van der Waals surface area contributed by atoms with Crippen LogP contribution in [0, 0.1) is 0 Å². The minimum absolute atomic E-state index is 0.0292. The molecule has 1 aromatic carbocycles. The predicted octanol–water partition coefficient (Wildman–Crippen LogP) is 0.933. The van der Waals surface area contributed by atoms with E-state index in [0.717, 1.165) is 11.8 Å². The molecule has 8 heteroatoms. The summed E-state index contributed by atoms with van der Waals surface area (Å²) in [7, 11) is -7.17. The zero-order valence-corrected chi connectivity index (χ0v) is 14.3. The van der Waals surface area contributed by atoms with Gasteiger partial charge in [-0.15, -0.1) is 0 Å². The van der Waals surface area contributed by atoms with Crippen molar-refractivity contribution in [3.8, 4) is 0 Å². The Bertz CT molecular complexity index is 723. The van der Waals surface area contributed by atoms with Crippen LogP contribution in [0.15, 0.2) is 23.1 Å². The van der Waals surface area contributed by atoms with E-state index in [1.54, 1.807) is 6.07 Å². The molecular weight excluding hydrogens is 312 g/mol. The van der Waals surface area contributed by atoms with Crippen molar-refractivity contribution in [2.24, 2.45) is 0 Å². The van der Waals surface area contributed by atoms with Gasteiger partial charge in [-0.2, -0.15) is 0 Å². The number of aryl methyl sites for hydroxylation is 1. The van der Waals surface area contributed by atoms with Gasteiger partial charge in [0.05, 0.1) is 9.64 Å². The normalized spacial score (nSPS) is 13.3. The van der Waals surface area contributed by atoms with Gasteiger partial charge in [0, 0.05) is 18.5 Å². The SMILES string of the molecule is CCc1ccc(S(=O)(=O)NCC(C)(C)S(C)(=O)=O)cc1N. The Labute approximate surface area is 126 Å². The monoisotopic (exact) mass is 334 g/mol. The average Bonchev–Trinajstić information content (AvgIpc) is 2.35. The van der Waals surface area contributed by atoms with Gasteiger partial charge in [-0.05, 0) is 38.0 Å².